The predicted molar refractivity (Wildman–Crippen MR) is 220 cm³/mol. The fourth-order valence-corrected chi connectivity index (χ4v) is 8.60. The molecule has 2 aliphatic carbocycles. The van der Waals surface area contributed by atoms with Crippen molar-refractivity contribution in [2.24, 2.45) is 10.8 Å². The fourth-order valence-electron chi connectivity index (χ4n) is 8.60. The van der Waals surface area contributed by atoms with E-state index in [1.54, 1.807) is 63.1 Å². The molecule has 1 unspecified atom stereocenters. The van der Waals surface area contributed by atoms with E-state index in [2.05, 4.69) is 22.9 Å². The average molecular weight is 855 g/mol. The summed E-state index contributed by atoms with van der Waals surface area (Å²) in [6, 6.07) is 15.9. The first-order valence-electron chi connectivity index (χ1n) is 19.7. The van der Waals surface area contributed by atoms with Crippen LogP contribution in [0, 0.1) is 23.7 Å². The maximum Gasteiger partial charge on any atom is 0.338 e. The predicted octanol–water partition coefficient (Wildman–Crippen LogP) is 4.86. The third kappa shape index (κ3) is 10.5. The van der Waals surface area contributed by atoms with Gasteiger partial charge in [0.25, 0.3) is 12.4 Å². The quantitative estimate of drug-likeness (QED) is 0.0874. The zero-order chi connectivity index (χ0) is 46.1. The van der Waals surface area contributed by atoms with Gasteiger partial charge in [-0.15, -0.1) is 12.8 Å². The van der Waals surface area contributed by atoms with Crippen LogP contribution in [0.15, 0.2) is 71.8 Å². The number of ether oxygens (including phenoxy) is 4. The number of carbonyl (C=O) groups excluding carboxylic acids is 4. The minimum Gasteiger partial charge on any atom is -0.481 e. The summed E-state index contributed by atoms with van der Waals surface area (Å²) in [7, 11) is 1.72. The highest BCUT2D eigenvalue weighted by atomic mass is 19.3. The Balaban J connectivity index is 0.000000671. The van der Waals surface area contributed by atoms with Crippen molar-refractivity contribution in [2.45, 2.75) is 129 Å². The Morgan fingerprint density at radius 3 is 2.05 bits per heavy atom. The number of aliphatic hydroxyl groups is 2. The van der Waals surface area contributed by atoms with Crippen molar-refractivity contribution in [3.8, 4) is 12.8 Å². The Hall–Kier alpha value is -5.02. The molecule has 4 aliphatic rings. The van der Waals surface area contributed by atoms with Crippen LogP contribution < -0.4 is 5.32 Å². The number of nitrogens with zero attached hydrogens (tertiary/aromatic N) is 1. The van der Waals surface area contributed by atoms with Gasteiger partial charge in [0.1, 0.15) is 30.8 Å². The molecule has 2 heterocycles. The summed E-state index contributed by atoms with van der Waals surface area (Å²) in [6.45, 7) is 13.4. The first-order chi connectivity index (χ1) is 28.6. The molecule has 2 saturated heterocycles. The molecular formula is C45H59FN2O13. The molecule has 2 aliphatic heterocycles. The molecule has 16 heteroatoms. The standard InChI is InChI=1S/C36H43FN2O9.C5H10O2.C2H4O2.C2H2/c1-20-24(46-27(41)16-23(38-5)21-12-8-6-9-13-21)18-36(48-37)32(47-33(44)22-14-10-7-11-15-22)30-35(4,25(40)17-26-39(30)19-45-26)31(43)29(42)28(20)34(36,2)3;1-5(2,3)7-4-6;1-2(3)4;1-2/h6-15,23-26,29-30,32,38,40,42H,16-19H2,1-5H3;4H,1-3H3;1H3,(H,3,4);1-2H/t23-,24+,25+,26-,29-,30?,32+,35-,36-;;;/m1.../s1. The molecule has 0 aromatic heterocycles. The molecule has 2 bridgehead atoms. The van der Waals surface area contributed by atoms with Gasteiger partial charge >= 0.3 is 11.9 Å². The maximum atomic E-state index is 15.9. The number of carboxylic acid groups (broad SMARTS) is 1. The van der Waals surface area contributed by atoms with E-state index in [0.717, 1.165) is 12.5 Å². The van der Waals surface area contributed by atoms with Crippen molar-refractivity contribution in [1.82, 2.24) is 10.2 Å². The molecule has 2 aromatic carbocycles. The second-order valence-electron chi connectivity index (χ2n) is 16.9. The average Bonchev–Trinajstić information content (AvgIpc) is 3.20. The topological polar surface area (TPSA) is 207 Å². The summed E-state index contributed by atoms with van der Waals surface area (Å²) in [6.07, 6.45) is 1.14. The van der Waals surface area contributed by atoms with Crippen molar-refractivity contribution in [3.05, 3.63) is 82.9 Å². The van der Waals surface area contributed by atoms with Crippen LogP contribution >= 0.6 is 0 Å². The number of hydrogen-bond donors (Lipinski definition) is 4. The van der Waals surface area contributed by atoms with Gasteiger partial charge in [0.05, 0.1) is 29.5 Å². The summed E-state index contributed by atoms with van der Waals surface area (Å²) in [5, 5.41) is 34.0. The van der Waals surface area contributed by atoms with Gasteiger partial charge in [0.15, 0.2) is 17.5 Å². The number of fused-ring (bicyclic) bond motifs is 5. The zero-order valence-electron chi connectivity index (χ0n) is 36.1. The summed E-state index contributed by atoms with van der Waals surface area (Å²) in [4.78, 5) is 67.3. The van der Waals surface area contributed by atoms with E-state index in [1.807, 2.05) is 51.1 Å². The van der Waals surface area contributed by atoms with Crippen molar-refractivity contribution >= 4 is 30.2 Å². The molecule has 0 spiro atoms. The summed E-state index contributed by atoms with van der Waals surface area (Å²) in [5.74, 6) is -2.98. The third-order valence-corrected chi connectivity index (χ3v) is 11.8. The second kappa shape index (κ2) is 20.7. The Bertz CT molecular complexity index is 1900. The Kier molecular flexibility index (Phi) is 17.1. The number of piperidine rings is 1. The number of ketones is 1. The number of halogens is 1. The lowest BCUT2D eigenvalue weighted by Gasteiger charge is -2.65. The SMILES string of the molecule is C#C.CC(=O)O.CC(C)(C)OC=O.CN[C@H](CC(=O)O[C@H]1C[C@@]2(OF)[C@@H](OC(=O)c3ccccc3)C3N4CO[C@@H]4C[C@H](O)[C@@]3(C)C(=O)[C@H](O)C(=C1C)C2(C)C)c1ccccc1. The van der Waals surface area contributed by atoms with Crippen LogP contribution in [-0.2, 0) is 43.1 Å². The minimum absolute atomic E-state index is 0.00817. The van der Waals surface area contributed by atoms with Crippen LogP contribution in [0.1, 0.15) is 96.6 Å². The van der Waals surface area contributed by atoms with E-state index in [1.165, 1.54) is 6.92 Å². The van der Waals surface area contributed by atoms with E-state index in [-0.39, 0.29) is 48.8 Å². The van der Waals surface area contributed by atoms with E-state index in [9.17, 15) is 29.4 Å². The van der Waals surface area contributed by atoms with E-state index in [4.69, 9.17) is 29.1 Å². The number of carboxylic acids is 1. The van der Waals surface area contributed by atoms with E-state index >= 15 is 4.53 Å². The number of hydrogen-bond acceptors (Lipinski definition) is 14. The molecule has 9 atom stereocenters. The Labute approximate surface area is 356 Å². The largest absolute Gasteiger partial charge is 0.481 e. The van der Waals surface area contributed by atoms with Gasteiger partial charge in [-0.25, -0.2) is 9.69 Å². The Morgan fingerprint density at radius 1 is 1.03 bits per heavy atom. The minimum atomic E-state index is -2.11. The molecule has 0 radical (unpaired) electrons. The smallest absolute Gasteiger partial charge is 0.338 e. The summed E-state index contributed by atoms with van der Waals surface area (Å²) in [5.41, 5.74) is -4.19. The monoisotopic (exact) mass is 854 g/mol. The highest BCUT2D eigenvalue weighted by molar-refractivity contribution is 5.94. The lowest BCUT2D eigenvalue weighted by atomic mass is 9.50. The van der Waals surface area contributed by atoms with Crippen molar-refractivity contribution in [2.75, 3.05) is 13.8 Å². The second-order valence-corrected chi connectivity index (χ2v) is 16.9. The first kappa shape index (κ1) is 50.3. The van der Waals surface area contributed by atoms with Crippen LogP contribution in [0.3, 0.4) is 0 Å². The highest BCUT2D eigenvalue weighted by Crippen LogP contribution is 2.60. The van der Waals surface area contributed by atoms with E-state index < -0.39 is 76.8 Å². The number of nitrogens with one attached hydrogen (secondary N) is 1. The molecule has 3 fully saturated rings. The van der Waals surface area contributed by atoms with Crippen LogP contribution in [0.5, 0.6) is 0 Å². The molecule has 1 saturated carbocycles. The fraction of sp³-hybridized carbons (Fsp3) is 0.533. The number of aliphatic carboxylic acids is 1. The molecule has 0 amide bonds. The van der Waals surface area contributed by atoms with Gasteiger partial charge in [-0.3, -0.25) is 19.2 Å². The van der Waals surface area contributed by atoms with Crippen LogP contribution in [0.25, 0.3) is 0 Å². The number of benzene rings is 2. The number of terminal acetylenes is 1. The van der Waals surface area contributed by atoms with Crippen LogP contribution in [-0.4, -0.2) is 112 Å². The number of esters is 2. The number of Topliss-reactive ketones (excluding diaryl/α,β-unsaturated/α-hetero) is 1. The van der Waals surface area contributed by atoms with Crippen LogP contribution in [0.2, 0.25) is 0 Å². The molecular weight excluding hydrogens is 795 g/mol. The van der Waals surface area contributed by atoms with E-state index in [0.29, 0.717) is 12.0 Å². The lowest BCUT2D eigenvalue weighted by Crippen LogP contribution is -2.80. The molecule has 15 nitrogen and oxygen atoms in total. The van der Waals surface area contributed by atoms with Gasteiger partial charge in [-0.2, -0.15) is 4.94 Å². The van der Waals surface area contributed by atoms with Gasteiger partial charge in [0.2, 0.25) is 0 Å². The molecule has 4 N–H and O–H groups in total. The highest BCUT2D eigenvalue weighted by Gasteiger charge is 2.73. The van der Waals surface area contributed by atoms with Crippen LogP contribution in [0.4, 0.5) is 4.53 Å². The molecule has 334 valence electrons. The van der Waals surface area contributed by atoms with Crippen molar-refractivity contribution in [1.29, 1.82) is 0 Å². The van der Waals surface area contributed by atoms with Crippen molar-refractivity contribution in [3.63, 3.8) is 0 Å². The number of rotatable bonds is 9. The molecule has 2 aromatic rings. The Morgan fingerprint density at radius 2 is 1.59 bits per heavy atom. The third-order valence-electron chi connectivity index (χ3n) is 11.8. The van der Waals surface area contributed by atoms with Gasteiger partial charge in [-0.1, -0.05) is 62.4 Å². The molecule has 6 rings (SSSR count). The number of aliphatic hydroxyl groups excluding tert-OH is 2. The first-order valence-corrected chi connectivity index (χ1v) is 19.7. The van der Waals surface area contributed by atoms with Gasteiger partial charge < -0.3 is 39.6 Å². The maximum absolute atomic E-state index is 15.9. The summed E-state index contributed by atoms with van der Waals surface area (Å²) < 4.78 is 38.4. The van der Waals surface area contributed by atoms with Gasteiger partial charge in [-0.05, 0) is 75.0 Å². The normalized spacial score (nSPS) is 29.1. The molecule has 61 heavy (non-hydrogen) atoms. The lowest BCUT2D eigenvalue weighted by molar-refractivity contribution is -0.357. The zero-order valence-corrected chi connectivity index (χ0v) is 36.1. The van der Waals surface area contributed by atoms with Crippen molar-refractivity contribution < 1.29 is 67.7 Å². The number of carbonyl (C=O) groups is 5. The van der Waals surface area contributed by atoms with Gasteiger partial charge in [0, 0.05) is 31.2 Å². The summed E-state index contributed by atoms with van der Waals surface area (Å²) >= 11 is 0.